The molecule has 0 fully saturated rings. The third-order valence-corrected chi connectivity index (χ3v) is 0.765. The van der Waals surface area contributed by atoms with E-state index in [-0.39, 0.29) is 13.2 Å². The molecule has 0 saturated heterocycles. The van der Waals surface area contributed by atoms with Crippen LogP contribution in [0.1, 0.15) is 6.92 Å². The normalized spacial score (nSPS) is 12.9. The SMILES string of the molecule is C/C=C/C=[N+](\[O-])CCO. The maximum absolute atomic E-state index is 10.5. The number of hydrogen-bond acceptors (Lipinski definition) is 2. The van der Waals surface area contributed by atoms with Crippen molar-refractivity contribution in [1.82, 2.24) is 0 Å². The van der Waals surface area contributed by atoms with Crippen LogP contribution in [0.25, 0.3) is 0 Å². The molecule has 0 spiro atoms. The van der Waals surface area contributed by atoms with E-state index in [4.69, 9.17) is 5.11 Å². The highest BCUT2D eigenvalue weighted by molar-refractivity contribution is 5.65. The van der Waals surface area contributed by atoms with Crippen LogP contribution in [-0.4, -0.2) is 29.2 Å². The molecule has 0 saturated carbocycles. The van der Waals surface area contributed by atoms with E-state index in [1.54, 1.807) is 12.2 Å². The minimum absolute atomic E-state index is 0.0996. The number of nitrogens with zero attached hydrogens (tertiary/aromatic N) is 1. The second-order valence-electron chi connectivity index (χ2n) is 1.54. The van der Waals surface area contributed by atoms with Gasteiger partial charge in [0.1, 0.15) is 6.61 Å². The lowest BCUT2D eigenvalue weighted by Crippen LogP contribution is -2.08. The molecule has 0 aromatic heterocycles. The molecule has 0 unspecified atom stereocenters. The van der Waals surface area contributed by atoms with E-state index in [0.717, 1.165) is 0 Å². The van der Waals surface area contributed by atoms with Gasteiger partial charge in [-0.1, -0.05) is 6.08 Å². The standard InChI is InChI=1S/C6H11NO2/c1-2-3-4-7(9)5-6-8/h2-4,8H,5-6H2,1H3/b3-2+,7-4-. The average Bonchev–Trinajstić information content (AvgIpc) is 1.85. The second kappa shape index (κ2) is 5.31. The number of allylic oxidation sites excluding steroid dienone is 2. The zero-order chi connectivity index (χ0) is 7.11. The van der Waals surface area contributed by atoms with Gasteiger partial charge in [-0.05, 0) is 13.0 Å². The van der Waals surface area contributed by atoms with Gasteiger partial charge >= 0.3 is 0 Å². The summed E-state index contributed by atoms with van der Waals surface area (Å²) in [5.41, 5.74) is 0. The first-order valence-electron chi connectivity index (χ1n) is 2.82. The fraction of sp³-hybridized carbons (Fsp3) is 0.500. The van der Waals surface area contributed by atoms with Crippen LogP contribution >= 0.6 is 0 Å². The first-order chi connectivity index (χ1) is 4.31. The lowest BCUT2D eigenvalue weighted by atomic mass is 10.5. The van der Waals surface area contributed by atoms with Crippen LogP contribution in [0.2, 0.25) is 0 Å². The molecule has 3 heteroatoms. The van der Waals surface area contributed by atoms with Gasteiger partial charge in [0.2, 0.25) is 0 Å². The third kappa shape index (κ3) is 5.03. The highest BCUT2D eigenvalue weighted by Gasteiger charge is 1.84. The molecule has 0 aliphatic rings. The summed E-state index contributed by atoms with van der Waals surface area (Å²) in [4.78, 5) is 0. The minimum atomic E-state index is -0.0996. The zero-order valence-corrected chi connectivity index (χ0v) is 5.45. The molecule has 52 valence electrons. The van der Waals surface area contributed by atoms with Crippen LogP contribution in [0.4, 0.5) is 0 Å². The van der Waals surface area contributed by atoms with E-state index >= 15 is 0 Å². The fourth-order valence-electron chi connectivity index (χ4n) is 0.355. The van der Waals surface area contributed by atoms with Crippen LogP contribution in [-0.2, 0) is 0 Å². The van der Waals surface area contributed by atoms with Gasteiger partial charge in [-0.2, -0.15) is 0 Å². The van der Waals surface area contributed by atoms with Crippen LogP contribution < -0.4 is 0 Å². The minimum Gasteiger partial charge on any atom is -0.624 e. The molecule has 0 bridgehead atoms. The lowest BCUT2D eigenvalue weighted by Gasteiger charge is -1.97. The molecule has 0 aromatic carbocycles. The number of hydrogen-bond donors (Lipinski definition) is 1. The van der Waals surface area contributed by atoms with Crippen molar-refractivity contribution >= 4 is 6.21 Å². The maximum Gasteiger partial charge on any atom is 0.176 e. The zero-order valence-electron chi connectivity index (χ0n) is 5.45. The van der Waals surface area contributed by atoms with Crippen molar-refractivity contribution in [2.24, 2.45) is 0 Å². The Morgan fingerprint density at radius 1 is 1.67 bits per heavy atom. The largest absolute Gasteiger partial charge is 0.624 e. The molecule has 0 aliphatic heterocycles. The molecule has 0 aromatic rings. The monoisotopic (exact) mass is 129 g/mol. The van der Waals surface area contributed by atoms with Crippen molar-refractivity contribution in [3.8, 4) is 0 Å². The molecule has 0 heterocycles. The molecule has 0 rings (SSSR count). The fourth-order valence-corrected chi connectivity index (χ4v) is 0.355. The van der Waals surface area contributed by atoms with Crippen LogP contribution in [0.5, 0.6) is 0 Å². The van der Waals surface area contributed by atoms with Crippen LogP contribution in [0.3, 0.4) is 0 Å². The summed E-state index contributed by atoms with van der Waals surface area (Å²) in [5, 5.41) is 18.7. The topological polar surface area (TPSA) is 46.3 Å². The summed E-state index contributed by atoms with van der Waals surface area (Å²) >= 11 is 0. The molecule has 0 atom stereocenters. The first-order valence-corrected chi connectivity index (χ1v) is 2.82. The maximum atomic E-state index is 10.5. The lowest BCUT2D eigenvalue weighted by molar-refractivity contribution is -0.455. The van der Waals surface area contributed by atoms with Crippen molar-refractivity contribution in [3.63, 3.8) is 0 Å². The molecule has 0 amide bonds. The summed E-state index contributed by atoms with van der Waals surface area (Å²) in [5.74, 6) is 0. The molecule has 0 aliphatic carbocycles. The summed E-state index contributed by atoms with van der Waals surface area (Å²) in [6.45, 7) is 1.87. The molecule has 1 N–H and O–H groups in total. The molecular formula is C6H11NO2. The van der Waals surface area contributed by atoms with E-state index in [9.17, 15) is 5.21 Å². The van der Waals surface area contributed by atoms with Crippen molar-refractivity contribution in [2.45, 2.75) is 6.92 Å². The number of rotatable bonds is 3. The number of aliphatic hydroxyl groups excluding tert-OH is 1. The van der Waals surface area contributed by atoms with E-state index < -0.39 is 0 Å². The summed E-state index contributed by atoms with van der Waals surface area (Å²) < 4.78 is 0.681. The van der Waals surface area contributed by atoms with Gasteiger partial charge in [0.05, 0.1) is 0 Å². The summed E-state index contributed by atoms with van der Waals surface area (Å²) in [7, 11) is 0. The molecule has 0 radical (unpaired) electrons. The Hall–Kier alpha value is -0.830. The Balaban J connectivity index is 3.55. The predicted molar refractivity (Wildman–Crippen MR) is 36.5 cm³/mol. The Kier molecular flexibility index (Phi) is 4.82. The smallest absolute Gasteiger partial charge is 0.176 e. The van der Waals surface area contributed by atoms with E-state index in [1.807, 2.05) is 6.92 Å². The number of hydroxylamine groups is 1. The molecular weight excluding hydrogens is 118 g/mol. The van der Waals surface area contributed by atoms with E-state index in [0.29, 0.717) is 4.74 Å². The average molecular weight is 129 g/mol. The summed E-state index contributed by atoms with van der Waals surface area (Å²) in [6, 6.07) is 0. The quantitative estimate of drug-likeness (QED) is 0.255. The highest BCUT2D eigenvalue weighted by atomic mass is 16.5. The van der Waals surface area contributed by atoms with Gasteiger partial charge in [0, 0.05) is 0 Å². The van der Waals surface area contributed by atoms with Crippen molar-refractivity contribution in [3.05, 3.63) is 17.4 Å². The first kappa shape index (κ1) is 8.17. The van der Waals surface area contributed by atoms with Gasteiger partial charge in [-0.3, -0.25) is 0 Å². The van der Waals surface area contributed by atoms with Gasteiger partial charge < -0.3 is 10.3 Å². The number of aliphatic hydroxyl groups is 1. The summed E-state index contributed by atoms with van der Waals surface area (Å²) in [6.07, 6.45) is 4.75. The van der Waals surface area contributed by atoms with Crippen molar-refractivity contribution < 1.29 is 9.85 Å². The van der Waals surface area contributed by atoms with Gasteiger partial charge in [-0.15, -0.1) is 0 Å². The van der Waals surface area contributed by atoms with E-state index in [1.165, 1.54) is 6.21 Å². The Labute approximate surface area is 54.5 Å². The predicted octanol–water partition coefficient (Wildman–Crippen LogP) is 0.136. The van der Waals surface area contributed by atoms with Crippen molar-refractivity contribution in [1.29, 1.82) is 0 Å². The van der Waals surface area contributed by atoms with E-state index in [2.05, 4.69) is 0 Å². The molecule has 9 heavy (non-hydrogen) atoms. The van der Waals surface area contributed by atoms with Crippen molar-refractivity contribution in [2.75, 3.05) is 13.2 Å². The van der Waals surface area contributed by atoms with Gasteiger partial charge in [0.25, 0.3) is 0 Å². The second-order valence-corrected chi connectivity index (χ2v) is 1.54. The van der Waals surface area contributed by atoms with Crippen LogP contribution in [0.15, 0.2) is 12.2 Å². The Morgan fingerprint density at radius 2 is 2.33 bits per heavy atom. The Bertz CT molecular complexity index is 118. The third-order valence-electron chi connectivity index (χ3n) is 0.765. The molecule has 3 nitrogen and oxygen atoms in total. The highest BCUT2D eigenvalue weighted by Crippen LogP contribution is 1.69. The van der Waals surface area contributed by atoms with Gasteiger partial charge in [0.15, 0.2) is 12.8 Å². The van der Waals surface area contributed by atoms with Crippen LogP contribution in [0, 0.1) is 5.21 Å². The van der Waals surface area contributed by atoms with Gasteiger partial charge in [-0.25, -0.2) is 4.74 Å². The Morgan fingerprint density at radius 3 is 2.78 bits per heavy atom.